The number of nitrogens with two attached hydrogens (primary N) is 1. The second kappa shape index (κ2) is 5.98. The van der Waals surface area contributed by atoms with Gasteiger partial charge in [0.2, 0.25) is 15.9 Å². The summed E-state index contributed by atoms with van der Waals surface area (Å²) < 4.78 is 39.7. The number of anilines is 1. The lowest BCUT2D eigenvalue weighted by Gasteiger charge is -2.21. The van der Waals surface area contributed by atoms with Crippen LogP contribution in [0.3, 0.4) is 0 Å². The Labute approximate surface area is 123 Å². The van der Waals surface area contributed by atoms with Crippen LogP contribution in [0.5, 0.6) is 0 Å². The predicted octanol–water partition coefficient (Wildman–Crippen LogP) is 0.697. The van der Waals surface area contributed by atoms with Crippen LogP contribution in [0.4, 0.5) is 10.1 Å². The molecule has 21 heavy (non-hydrogen) atoms. The SMILES string of the molecule is CC(NS(=O)(=O)c1ccc(F)cc1N)C(=O)N1CCCC1. The molecule has 1 atom stereocenters. The molecule has 0 spiro atoms. The number of benzene rings is 1. The largest absolute Gasteiger partial charge is 0.398 e. The zero-order valence-corrected chi connectivity index (χ0v) is 12.5. The summed E-state index contributed by atoms with van der Waals surface area (Å²) in [6.45, 7) is 2.77. The zero-order chi connectivity index (χ0) is 15.6. The minimum atomic E-state index is -3.97. The number of likely N-dealkylation sites (tertiary alicyclic amines) is 1. The molecule has 0 saturated carbocycles. The lowest BCUT2D eigenvalue weighted by Crippen LogP contribution is -2.45. The molecular weight excluding hydrogens is 297 g/mol. The van der Waals surface area contributed by atoms with Crippen molar-refractivity contribution in [2.45, 2.75) is 30.7 Å². The van der Waals surface area contributed by atoms with E-state index in [2.05, 4.69) is 4.72 Å². The van der Waals surface area contributed by atoms with Gasteiger partial charge in [0, 0.05) is 13.1 Å². The molecule has 1 heterocycles. The summed E-state index contributed by atoms with van der Waals surface area (Å²) in [5, 5.41) is 0. The van der Waals surface area contributed by atoms with Crippen LogP contribution in [0.2, 0.25) is 0 Å². The highest BCUT2D eigenvalue weighted by molar-refractivity contribution is 7.89. The summed E-state index contributed by atoms with van der Waals surface area (Å²) in [5.41, 5.74) is 5.34. The van der Waals surface area contributed by atoms with Gasteiger partial charge in [-0.1, -0.05) is 0 Å². The van der Waals surface area contributed by atoms with E-state index in [1.165, 1.54) is 6.92 Å². The van der Waals surface area contributed by atoms with Crippen LogP contribution >= 0.6 is 0 Å². The first-order chi connectivity index (χ1) is 9.81. The van der Waals surface area contributed by atoms with Crippen LogP contribution in [0.15, 0.2) is 23.1 Å². The van der Waals surface area contributed by atoms with Crippen molar-refractivity contribution in [1.29, 1.82) is 0 Å². The Morgan fingerprint density at radius 1 is 1.38 bits per heavy atom. The van der Waals surface area contributed by atoms with E-state index in [9.17, 15) is 17.6 Å². The molecule has 0 aliphatic carbocycles. The average molecular weight is 315 g/mol. The molecule has 2 rings (SSSR count). The van der Waals surface area contributed by atoms with E-state index in [4.69, 9.17) is 5.73 Å². The first-order valence-corrected chi connectivity index (χ1v) is 8.16. The van der Waals surface area contributed by atoms with E-state index in [-0.39, 0.29) is 16.5 Å². The Morgan fingerprint density at radius 2 is 2.00 bits per heavy atom. The first-order valence-electron chi connectivity index (χ1n) is 6.67. The molecule has 1 unspecified atom stereocenters. The van der Waals surface area contributed by atoms with Crippen molar-refractivity contribution >= 4 is 21.6 Å². The van der Waals surface area contributed by atoms with Crippen molar-refractivity contribution in [2.24, 2.45) is 0 Å². The number of nitrogen functional groups attached to an aromatic ring is 1. The molecule has 1 aliphatic rings. The van der Waals surface area contributed by atoms with Gasteiger partial charge in [-0.2, -0.15) is 4.72 Å². The van der Waals surface area contributed by atoms with Crippen LogP contribution in [-0.4, -0.2) is 38.4 Å². The molecule has 3 N–H and O–H groups in total. The molecule has 6 nitrogen and oxygen atoms in total. The third-order valence-corrected chi connectivity index (χ3v) is 5.00. The van der Waals surface area contributed by atoms with Gasteiger partial charge in [0.15, 0.2) is 0 Å². The second-order valence-electron chi connectivity index (χ2n) is 5.06. The molecule has 0 bridgehead atoms. The Balaban J connectivity index is 2.14. The van der Waals surface area contributed by atoms with Crippen molar-refractivity contribution in [3.8, 4) is 0 Å². The molecule has 8 heteroatoms. The van der Waals surface area contributed by atoms with Crippen LogP contribution in [-0.2, 0) is 14.8 Å². The lowest BCUT2D eigenvalue weighted by atomic mass is 10.3. The fourth-order valence-corrected chi connectivity index (χ4v) is 3.63. The lowest BCUT2D eigenvalue weighted by molar-refractivity contribution is -0.131. The maximum atomic E-state index is 13.0. The van der Waals surface area contributed by atoms with Crippen LogP contribution < -0.4 is 10.5 Å². The van der Waals surface area contributed by atoms with E-state index in [1.54, 1.807) is 4.90 Å². The van der Waals surface area contributed by atoms with Gasteiger partial charge in [0.05, 0.1) is 11.7 Å². The van der Waals surface area contributed by atoms with Gasteiger partial charge < -0.3 is 10.6 Å². The van der Waals surface area contributed by atoms with Gasteiger partial charge in [-0.3, -0.25) is 4.79 Å². The number of amides is 1. The van der Waals surface area contributed by atoms with Gasteiger partial charge in [0.25, 0.3) is 0 Å². The summed E-state index contributed by atoms with van der Waals surface area (Å²) in [4.78, 5) is 13.5. The number of carbonyl (C=O) groups is 1. The van der Waals surface area contributed by atoms with Crippen LogP contribution in [0, 0.1) is 5.82 Å². The minimum Gasteiger partial charge on any atom is -0.398 e. The summed E-state index contributed by atoms with van der Waals surface area (Å²) in [6.07, 6.45) is 1.85. The average Bonchev–Trinajstić information content (AvgIpc) is 2.90. The molecule has 0 radical (unpaired) electrons. The Morgan fingerprint density at radius 3 is 2.57 bits per heavy atom. The molecule has 0 aromatic heterocycles. The predicted molar refractivity (Wildman–Crippen MR) is 76.4 cm³/mol. The molecule has 1 saturated heterocycles. The number of nitrogens with one attached hydrogen (secondary N) is 1. The number of rotatable bonds is 4. The van der Waals surface area contributed by atoms with E-state index in [0.717, 1.165) is 31.0 Å². The molecule has 1 fully saturated rings. The van der Waals surface area contributed by atoms with Gasteiger partial charge in [-0.25, -0.2) is 12.8 Å². The number of halogens is 1. The Kier molecular flexibility index (Phi) is 4.48. The highest BCUT2D eigenvalue weighted by Gasteiger charge is 2.28. The summed E-state index contributed by atoms with van der Waals surface area (Å²) in [6, 6.07) is 2.14. The molecule has 1 aromatic rings. The minimum absolute atomic E-state index is 0.191. The molecular formula is C13H18FN3O3S. The third-order valence-electron chi connectivity index (χ3n) is 3.38. The molecule has 116 valence electrons. The van der Waals surface area contributed by atoms with Crippen molar-refractivity contribution in [2.75, 3.05) is 18.8 Å². The number of hydrogen-bond donors (Lipinski definition) is 2. The highest BCUT2D eigenvalue weighted by Crippen LogP contribution is 2.19. The van der Waals surface area contributed by atoms with Gasteiger partial charge >= 0.3 is 0 Å². The smallest absolute Gasteiger partial charge is 0.243 e. The summed E-state index contributed by atoms with van der Waals surface area (Å²) in [7, 11) is -3.97. The van der Waals surface area contributed by atoms with E-state index in [1.807, 2.05) is 0 Å². The van der Waals surface area contributed by atoms with Crippen molar-refractivity contribution in [1.82, 2.24) is 9.62 Å². The van der Waals surface area contributed by atoms with Gasteiger partial charge in [-0.05, 0) is 38.0 Å². The monoisotopic (exact) mass is 315 g/mol. The molecule has 1 aromatic carbocycles. The van der Waals surface area contributed by atoms with Crippen molar-refractivity contribution < 1.29 is 17.6 Å². The number of sulfonamides is 1. The third kappa shape index (κ3) is 3.51. The second-order valence-corrected chi connectivity index (χ2v) is 6.74. The number of carbonyl (C=O) groups excluding carboxylic acids is 1. The molecule has 1 amide bonds. The summed E-state index contributed by atoms with van der Waals surface area (Å²) >= 11 is 0. The van der Waals surface area contributed by atoms with Crippen LogP contribution in [0.25, 0.3) is 0 Å². The topological polar surface area (TPSA) is 92.5 Å². The maximum Gasteiger partial charge on any atom is 0.243 e. The molecule has 1 aliphatic heterocycles. The highest BCUT2D eigenvalue weighted by atomic mass is 32.2. The standard InChI is InChI=1S/C13H18FN3O3S/c1-9(13(18)17-6-2-3-7-17)16-21(19,20)12-5-4-10(14)8-11(12)15/h4-5,8-9,16H,2-3,6-7,15H2,1H3. The van der Waals surface area contributed by atoms with Crippen LogP contribution in [0.1, 0.15) is 19.8 Å². The van der Waals surface area contributed by atoms with Crippen molar-refractivity contribution in [3.05, 3.63) is 24.0 Å². The maximum absolute atomic E-state index is 13.0. The quantitative estimate of drug-likeness (QED) is 0.800. The normalized spacial score (nSPS) is 17.0. The summed E-state index contributed by atoms with van der Waals surface area (Å²) in [5.74, 6) is -0.885. The Bertz CT molecular complexity index is 642. The fraction of sp³-hybridized carbons (Fsp3) is 0.462. The van der Waals surface area contributed by atoms with E-state index < -0.39 is 21.9 Å². The number of nitrogens with zero attached hydrogens (tertiary/aromatic N) is 1. The van der Waals surface area contributed by atoms with Crippen molar-refractivity contribution in [3.63, 3.8) is 0 Å². The van der Waals surface area contributed by atoms with Gasteiger partial charge in [0.1, 0.15) is 10.7 Å². The Hall–Kier alpha value is -1.67. The zero-order valence-electron chi connectivity index (χ0n) is 11.7. The number of hydrogen-bond acceptors (Lipinski definition) is 4. The van der Waals surface area contributed by atoms with Gasteiger partial charge in [-0.15, -0.1) is 0 Å². The van der Waals surface area contributed by atoms with E-state index in [0.29, 0.717) is 13.1 Å². The fourth-order valence-electron chi connectivity index (χ4n) is 2.32. The van der Waals surface area contributed by atoms with E-state index >= 15 is 0 Å². The first kappa shape index (κ1) is 15.7.